The maximum absolute atomic E-state index is 11.7. The molecule has 2 amide bonds. The molecule has 0 aromatic carbocycles. The van der Waals surface area contributed by atoms with Crippen LogP contribution in [0.2, 0.25) is 0 Å². The Morgan fingerprint density at radius 1 is 1.35 bits per heavy atom. The van der Waals surface area contributed by atoms with E-state index in [2.05, 4.69) is 10.6 Å². The minimum atomic E-state index is -0.488. The van der Waals surface area contributed by atoms with Crippen LogP contribution in [0.15, 0.2) is 17.5 Å². The normalized spacial score (nSPS) is 12.9. The highest BCUT2D eigenvalue weighted by Gasteiger charge is 2.18. The standard InChI is InChI=1S/C13H21N3O2S.ClH/c1-3-9(2)11(14)13(18)16-7-6-15-12(17)10-5-4-8-19-10;/h4-5,8-9,11H,3,6-7,14H2,1-2H3,(H,15,17)(H,16,18);1H. The lowest BCUT2D eigenvalue weighted by Crippen LogP contribution is -2.46. The van der Waals surface area contributed by atoms with Crippen molar-refractivity contribution in [2.45, 2.75) is 26.3 Å². The molecule has 0 aliphatic carbocycles. The van der Waals surface area contributed by atoms with Crippen molar-refractivity contribution in [3.8, 4) is 0 Å². The van der Waals surface area contributed by atoms with E-state index in [1.807, 2.05) is 25.3 Å². The second kappa shape index (κ2) is 9.74. The van der Waals surface area contributed by atoms with Crippen molar-refractivity contribution in [2.24, 2.45) is 11.7 Å². The zero-order chi connectivity index (χ0) is 14.3. The largest absolute Gasteiger partial charge is 0.353 e. The molecule has 114 valence electrons. The van der Waals surface area contributed by atoms with Gasteiger partial charge in [0.2, 0.25) is 5.91 Å². The molecule has 7 heteroatoms. The van der Waals surface area contributed by atoms with Gasteiger partial charge in [-0.25, -0.2) is 0 Å². The van der Waals surface area contributed by atoms with Gasteiger partial charge in [0.15, 0.2) is 0 Å². The minimum Gasteiger partial charge on any atom is -0.353 e. The summed E-state index contributed by atoms with van der Waals surface area (Å²) in [4.78, 5) is 23.9. The molecule has 0 saturated carbocycles. The number of hydrogen-bond acceptors (Lipinski definition) is 4. The molecule has 0 bridgehead atoms. The molecule has 0 aliphatic heterocycles. The van der Waals surface area contributed by atoms with E-state index < -0.39 is 6.04 Å². The van der Waals surface area contributed by atoms with Crippen molar-refractivity contribution in [3.63, 3.8) is 0 Å². The van der Waals surface area contributed by atoms with Crippen LogP contribution in [0.5, 0.6) is 0 Å². The Morgan fingerprint density at radius 2 is 2.00 bits per heavy atom. The van der Waals surface area contributed by atoms with Crippen molar-refractivity contribution in [3.05, 3.63) is 22.4 Å². The van der Waals surface area contributed by atoms with E-state index in [9.17, 15) is 9.59 Å². The van der Waals surface area contributed by atoms with Crippen molar-refractivity contribution in [2.75, 3.05) is 13.1 Å². The molecule has 4 N–H and O–H groups in total. The lowest BCUT2D eigenvalue weighted by Gasteiger charge is -2.17. The van der Waals surface area contributed by atoms with Gasteiger partial charge in [-0.2, -0.15) is 0 Å². The maximum Gasteiger partial charge on any atom is 0.261 e. The van der Waals surface area contributed by atoms with E-state index in [0.29, 0.717) is 18.0 Å². The summed E-state index contributed by atoms with van der Waals surface area (Å²) in [5.74, 6) is -0.129. The summed E-state index contributed by atoms with van der Waals surface area (Å²) >= 11 is 1.39. The van der Waals surface area contributed by atoms with Crippen LogP contribution >= 0.6 is 23.7 Å². The Balaban J connectivity index is 0.00000361. The van der Waals surface area contributed by atoms with Crippen molar-refractivity contribution in [1.29, 1.82) is 0 Å². The first-order valence-electron chi connectivity index (χ1n) is 6.41. The smallest absolute Gasteiger partial charge is 0.261 e. The van der Waals surface area contributed by atoms with Crippen molar-refractivity contribution >= 4 is 35.6 Å². The number of nitrogens with two attached hydrogens (primary N) is 1. The van der Waals surface area contributed by atoms with Gasteiger partial charge >= 0.3 is 0 Å². The predicted molar refractivity (Wildman–Crippen MR) is 84.3 cm³/mol. The molecule has 0 fully saturated rings. The van der Waals surface area contributed by atoms with Crippen LogP contribution in [-0.2, 0) is 4.79 Å². The van der Waals surface area contributed by atoms with Gasteiger partial charge < -0.3 is 16.4 Å². The quantitative estimate of drug-likeness (QED) is 0.664. The average molecular weight is 320 g/mol. The van der Waals surface area contributed by atoms with Crippen LogP contribution < -0.4 is 16.4 Å². The number of rotatable bonds is 7. The van der Waals surface area contributed by atoms with Gasteiger partial charge in [0, 0.05) is 13.1 Å². The van der Waals surface area contributed by atoms with E-state index in [0.717, 1.165) is 6.42 Å². The van der Waals surface area contributed by atoms with Crippen LogP contribution in [0.25, 0.3) is 0 Å². The molecule has 1 aromatic heterocycles. The second-order valence-electron chi connectivity index (χ2n) is 4.44. The molecular weight excluding hydrogens is 298 g/mol. The van der Waals surface area contributed by atoms with Gasteiger partial charge in [-0.15, -0.1) is 23.7 Å². The number of carbonyl (C=O) groups excluding carboxylic acids is 2. The van der Waals surface area contributed by atoms with E-state index in [1.165, 1.54) is 11.3 Å². The summed E-state index contributed by atoms with van der Waals surface area (Å²) in [6, 6.07) is 3.10. The van der Waals surface area contributed by atoms with Crippen LogP contribution in [0.1, 0.15) is 29.9 Å². The van der Waals surface area contributed by atoms with Gasteiger partial charge in [0.1, 0.15) is 0 Å². The topological polar surface area (TPSA) is 84.2 Å². The van der Waals surface area contributed by atoms with E-state index in [4.69, 9.17) is 5.73 Å². The third-order valence-corrected chi connectivity index (χ3v) is 3.88. The third kappa shape index (κ3) is 5.90. The van der Waals surface area contributed by atoms with Crippen molar-refractivity contribution in [1.82, 2.24) is 10.6 Å². The highest BCUT2D eigenvalue weighted by atomic mass is 35.5. The van der Waals surface area contributed by atoms with Gasteiger partial charge in [-0.3, -0.25) is 9.59 Å². The Labute approximate surface area is 129 Å². The molecule has 1 aromatic rings. The van der Waals surface area contributed by atoms with Crippen LogP contribution in [-0.4, -0.2) is 30.9 Å². The molecule has 2 unspecified atom stereocenters. The predicted octanol–water partition coefficient (Wildman–Crippen LogP) is 1.39. The number of amides is 2. The zero-order valence-corrected chi connectivity index (χ0v) is 13.4. The lowest BCUT2D eigenvalue weighted by molar-refractivity contribution is -0.123. The minimum absolute atomic E-state index is 0. The molecule has 5 nitrogen and oxygen atoms in total. The highest BCUT2D eigenvalue weighted by Crippen LogP contribution is 2.07. The first-order valence-corrected chi connectivity index (χ1v) is 7.29. The number of halogens is 1. The number of hydrogen-bond donors (Lipinski definition) is 3. The summed E-state index contributed by atoms with van der Waals surface area (Å²) in [6.45, 7) is 4.73. The average Bonchev–Trinajstić information content (AvgIpc) is 2.95. The summed E-state index contributed by atoms with van der Waals surface area (Å²) < 4.78 is 0. The monoisotopic (exact) mass is 319 g/mol. The van der Waals surface area contributed by atoms with Crippen LogP contribution in [0.4, 0.5) is 0 Å². The van der Waals surface area contributed by atoms with Gasteiger partial charge in [0.25, 0.3) is 5.91 Å². The summed E-state index contributed by atoms with van der Waals surface area (Å²) in [6.07, 6.45) is 0.865. The molecule has 0 saturated heterocycles. The third-order valence-electron chi connectivity index (χ3n) is 3.01. The fourth-order valence-corrected chi connectivity index (χ4v) is 2.13. The Bertz CT molecular complexity index is 412. The molecule has 2 atom stereocenters. The fraction of sp³-hybridized carbons (Fsp3) is 0.538. The molecule has 1 rings (SSSR count). The van der Waals surface area contributed by atoms with Gasteiger partial charge in [0.05, 0.1) is 10.9 Å². The van der Waals surface area contributed by atoms with E-state index >= 15 is 0 Å². The van der Waals surface area contributed by atoms with Crippen LogP contribution in [0, 0.1) is 5.92 Å². The van der Waals surface area contributed by atoms with Crippen molar-refractivity contribution < 1.29 is 9.59 Å². The Kier molecular flexibility index (Phi) is 9.20. The molecule has 0 spiro atoms. The zero-order valence-electron chi connectivity index (χ0n) is 11.7. The maximum atomic E-state index is 11.7. The summed E-state index contributed by atoms with van der Waals surface area (Å²) in [7, 11) is 0. The number of thiophene rings is 1. The highest BCUT2D eigenvalue weighted by molar-refractivity contribution is 7.12. The lowest BCUT2D eigenvalue weighted by atomic mass is 9.99. The fourth-order valence-electron chi connectivity index (χ4n) is 1.49. The number of carbonyl (C=O) groups is 2. The van der Waals surface area contributed by atoms with Crippen LogP contribution in [0.3, 0.4) is 0 Å². The molecule has 0 radical (unpaired) electrons. The van der Waals surface area contributed by atoms with Gasteiger partial charge in [-0.1, -0.05) is 26.3 Å². The molecule has 0 aliphatic rings. The number of nitrogens with one attached hydrogen (secondary N) is 2. The molecule has 20 heavy (non-hydrogen) atoms. The summed E-state index contributed by atoms with van der Waals surface area (Å²) in [5, 5.41) is 7.31. The molecule has 1 heterocycles. The second-order valence-corrected chi connectivity index (χ2v) is 5.38. The molecular formula is C13H22ClN3O2S. The van der Waals surface area contributed by atoms with Gasteiger partial charge in [-0.05, 0) is 17.4 Å². The van der Waals surface area contributed by atoms with E-state index in [-0.39, 0.29) is 30.1 Å². The first kappa shape index (κ1) is 18.9. The summed E-state index contributed by atoms with van der Waals surface area (Å²) in [5.41, 5.74) is 5.79. The first-order chi connectivity index (χ1) is 9.06. The Morgan fingerprint density at radius 3 is 2.55 bits per heavy atom. The Hall–Kier alpha value is -1.11. The van der Waals surface area contributed by atoms with E-state index in [1.54, 1.807) is 6.07 Å². The SMILES string of the molecule is CCC(C)C(N)C(=O)NCCNC(=O)c1cccs1.Cl.